The van der Waals surface area contributed by atoms with Crippen molar-refractivity contribution in [3.05, 3.63) is 22.7 Å². The van der Waals surface area contributed by atoms with E-state index in [2.05, 4.69) is 65.2 Å². The lowest BCUT2D eigenvalue weighted by Crippen LogP contribution is -2.38. The molecule has 0 amide bonds. The molecule has 2 atom stereocenters. The molecule has 31 heavy (non-hydrogen) atoms. The van der Waals surface area contributed by atoms with Gasteiger partial charge in [-0.25, -0.2) is 9.97 Å². The first-order valence-corrected chi connectivity index (χ1v) is 18.1. The zero-order valence-corrected chi connectivity index (χ0v) is 22.9. The van der Waals surface area contributed by atoms with Crippen molar-refractivity contribution in [3.63, 3.8) is 0 Å². The molecule has 0 spiro atoms. The van der Waals surface area contributed by atoms with Crippen LogP contribution < -0.4 is 0 Å². The average Bonchev–Trinajstić information content (AvgIpc) is 3.18. The molecule has 0 aliphatic heterocycles. The van der Waals surface area contributed by atoms with Gasteiger partial charge in [-0.15, -0.1) is 0 Å². The third-order valence-electron chi connectivity index (χ3n) is 5.38. The fourth-order valence-electron chi connectivity index (χ4n) is 2.37. The van der Waals surface area contributed by atoms with Crippen molar-refractivity contribution in [2.75, 3.05) is 0 Å². The summed E-state index contributed by atoms with van der Waals surface area (Å²) in [6, 6.07) is 0. The maximum atomic E-state index is 13.4. The van der Waals surface area contributed by atoms with Gasteiger partial charge < -0.3 is 18.6 Å². The van der Waals surface area contributed by atoms with Gasteiger partial charge in [-0.2, -0.15) is 13.2 Å². The van der Waals surface area contributed by atoms with Gasteiger partial charge in [0.25, 0.3) is 0 Å². The third-order valence-corrected chi connectivity index (χ3v) is 11.0. The van der Waals surface area contributed by atoms with Gasteiger partial charge in [0, 0.05) is 23.8 Å². The summed E-state index contributed by atoms with van der Waals surface area (Å²) < 4.78 is 55.7. The van der Waals surface area contributed by atoms with Crippen molar-refractivity contribution in [1.82, 2.24) is 19.1 Å². The summed E-state index contributed by atoms with van der Waals surface area (Å²) in [5, 5.41) is 0. The number of alkyl halides is 3. The molecule has 12 heteroatoms. The monoisotopic (exact) mass is 540 g/mol. The zero-order valence-electron chi connectivity index (χ0n) is 19.3. The Morgan fingerprint density at radius 1 is 0.871 bits per heavy atom. The van der Waals surface area contributed by atoms with Crippen molar-refractivity contribution in [3.8, 4) is 11.6 Å². The van der Waals surface area contributed by atoms with E-state index in [1.807, 2.05) is 13.8 Å². The van der Waals surface area contributed by atoms with Crippen molar-refractivity contribution in [2.45, 2.75) is 84.2 Å². The Morgan fingerprint density at radius 2 is 1.29 bits per heavy atom. The fourth-order valence-corrected chi connectivity index (χ4v) is 3.94. The second-order valence-electron chi connectivity index (χ2n) is 9.88. The molecule has 176 valence electrons. The predicted molar refractivity (Wildman–Crippen MR) is 124 cm³/mol. The lowest BCUT2D eigenvalue weighted by atomic mass is 10.5. The number of nitrogens with zero attached hydrogens (tertiary/aromatic N) is 4. The molecule has 2 aromatic heterocycles. The molecule has 6 nitrogen and oxygen atoms in total. The summed E-state index contributed by atoms with van der Waals surface area (Å²) in [7, 11) is -3.15. The number of aromatic nitrogens is 4. The molecule has 0 fully saturated rings. The molecule has 0 N–H and O–H groups in total. The highest BCUT2D eigenvalue weighted by Gasteiger charge is 2.36. The molecule has 0 aliphatic rings. The van der Waals surface area contributed by atoms with Crippen molar-refractivity contribution in [2.24, 2.45) is 0 Å². The van der Waals surface area contributed by atoms with Crippen LogP contribution in [0.15, 0.2) is 17.0 Å². The first kappa shape index (κ1) is 26.3. The first-order chi connectivity index (χ1) is 14.0. The Kier molecular flexibility index (Phi) is 8.06. The van der Waals surface area contributed by atoms with Crippen LogP contribution in [-0.2, 0) is 29.1 Å². The van der Waals surface area contributed by atoms with E-state index in [0.29, 0.717) is 4.60 Å². The lowest BCUT2D eigenvalue weighted by Gasteiger charge is -2.26. The van der Waals surface area contributed by atoms with Crippen LogP contribution in [0.1, 0.15) is 19.5 Å². The maximum Gasteiger partial charge on any atom is 0.434 e. The Bertz CT molecular complexity index is 888. The SMILES string of the molecule is CC(OCn1cc(Br)nc1-c1nc(C(F)(F)F)cn1COC(C)[Si](C)(C)C)[Si](C)(C)C. The van der Waals surface area contributed by atoms with E-state index >= 15 is 0 Å². The van der Waals surface area contributed by atoms with Crippen LogP contribution in [0.5, 0.6) is 0 Å². The molecular formula is C19H32BrF3N4O2Si2. The molecule has 2 heterocycles. The van der Waals surface area contributed by atoms with Gasteiger partial charge in [-0.1, -0.05) is 39.3 Å². The van der Waals surface area contributed by atoms with Crippen LogP contribution in [0.2, 0.25) is 39.3 Å². The summed E-state index contributed by atoms with van der Waals surface area (Å²) in [6.07, 6.45) is -1.91. The van der Waals surface area contributed by atoms with Gasteiger partial charge in [0.05, 0.1) is 16.1 Å². The smallest absolute Gasteiger partial charge is 0.361 e. The van der Waals surface area contributed by atoms with Crippen LogP contribution in [-0.4, -0.2) is 46.7 Å². The molecule has 2 aromatic rings. The number of hydrogen-bond donors (Lipinski definition) is 0. The van der Waals surface area contributed by atoms with Gasteiger partial charge >= 0.3 is 6.18 Å². The minimum Gasteiger partial charge on any atom is -0.361 e. The highest BCUT2D eigenvalue weighted by Crippen LogP contribution is 2.31. The third kappa shape index (κ3) is 7.01. The zero-order chi connectivity index (χ0) is 23.8. The van der Waals surface area contributed by atoms with Crippen LogP contribution >= 0.6 is 15.9 Å². The lowest BCUT2D eigenvalue weighted by molar-refractivity contribution is -0.141. The second kappa shape index (κ2) is 9.50. The van der Waals surface area contributed by atoms with Crippen molar-refractivity contribution < 1.29 is 22.6 Å². The molecule has 2 rings (SSSR count). The second-order valence-corrected chi connectivity index (χ2v) is 21.8. The van der Waals surface area contributed by atoms with E-state index in [9.17, 15) is 13.2 Å². The summed E-state index contributed by atoms with van der Waals surface area (Å²) in [4.78, 5) is 8.23. The molecule has 0 saturated carbocycles. The Labute approximate surface area is 192 Å². The Morgan fingerprint density at radius 3 is 1.71 bits per heavy atom. The first-order valence-electron chi connectivity index (χ1n) is 10.1. The molecular weight excluding hydrogens is 509 g/mol. The van der Waals surface area contributed by atoms with E-state index < -0.39 is 28.0 Å². The minimum absolute atomic E-state index is 0.0375. The molecule has 0 bridgehead atoms. The number of halogens is 4. The highest BCUT2D eigenvalue weighted by molar-refractivity contribution is 9.10. The van der Waals surface area contributed by atoms with Crippen LogP contribution in [0.3, 0.4) is 0 Å². The van der Waals surface area contributed by atoms with Gasteiger partial charge in [-0.3, -0.25) is 0 Å². The van der Waals surface area contributed by atoms with E-state index in [-0.39, 0.29) is 36.6 Å². The van der Waals surface area contributed by atoms with E-state index in [4.69, 9.17) is 9.47 Å². The molecule has 0 aromatic carbocycles. The summed E-state index contributed by atoms with van der Waals surface area (Å²) in [5.41, 5.74) is -0.953. The van der Waals surface area contributed by atoms with E-state index in [0.717, 1.165) is 6.20 Å². The Hall–Kier alpha value is -0.956. The molecule has 0 saturated heterocycles. The van der Waals surface area contributed by atoms with Gasteiger partial charge in [0.15, 0.2) is 17.3 Å². The summed E-state index contributed by atoms with van der Waals surface area (Å²) >= 11 is 3.32. The van der Waals surface area contributed by atoms with Gasteiger partial charge in [0.1, 0.15) is 18.1 Å². The quantitative estimate of drug-likeness (QED) is 0.365. The molecule has 2 unspecified atom stereocenters. The number of ether oxygens (including phenoxy) is 2. The van der Waals surface area contributed by atoms with Crippen LogP contribution in [0, 0.1) is 0 Å². The number of hydrogen-bond acceptors (Lipinski definition) is 4. The normalized spacial score (nSPS) is 15.4. The fraction of sp³-hybridized carbons (Fsp3) is 0.684. The van der Waals surface area contributed by atoms with Gasteiger partial charge in [0.2, 0.25) is 0 Å². The minimum atomic E-state index is -4.57. The number of rotatable bonds is 9. The summed E-state index contributed by atoms with van der Waals surface area (Å²) in [6.45, 7) is 17.1. The predicted octanol–water partition coefficient (Wildman–Crippen LogP) is 6.01. The van der Waals surface area contributed by atoms with Crippen molar-refractivity contribution >= 4 is 32.1 Å². The largest absolute Gasteiger partial charge is 0.434 e. The molecule has 0 radical (unpaired) electrons. The molecule has 0 aliphatic carbocycles. The number of imidazole rings is 2. The standard InChI is InChI=1S/C19H32BrF3N4O2Si2/c1-13(30(3,4)5)28-11-26-9-15(19(21,22)23)24-17(26)18-25-16(20)10-27(18)12-29-14(2)31(6,7)8/h9-10,13-14H,11-12H2,1-8H3. The topological polar surface area (TPSA) is 54.1 Å². The van der Waals surface area contributed by atoms with E-state index in [1.165, 1.54) is 4.57 Å². The Balaban J connectivity index is 2.39. The van der Waals surface area contributed by atoms with E-state index in [1.54, 1.807) is 10.8 Å². The average molecular weight is 542 g/mol. The summed E-state index contributed by atoms with van der Waals surface area (Å²) in [5.74, 6) is 0.375. The highest BCUT2D eigenvalue weighted by atomic mass is 79.9. The van der Waals surface area contributed by atoms with Gasteiger partial charge in [-0.05, 0) is 29.8 Å². The van der Waals surface area contributed by atoms with Crippen LogP contribution in [0.25, 0.3) is 11.6 Å². The van der Waals surface area contributed by atoms with Crippen molar-refractivity contribution in [1.29, 1.82) is 0 Å². The van der Waals surface area contributed by atoms with Crippen LogP contribution in [0.4, 0.5) is 13.2 Å². The maximum absolute atomic E-state index is 13.4.